The Bertz CT molecular complexity index is 656. The van der Waals surface area contributed by atoms with Gasteiger partial charge in [0.25, 0.3) is 0 Å². The molecule has 4 heteroatoms. The maximum Gasteiger partial charge on any atom is 0.123 e. The number of hydrogen-bond donors (Lipinski definition) is 2. The van der Waals surface area contributed by atoms with Crippen molar-refractivity contribution in [3.8, 4) is 11.5 Å². The van der Waals surface area contributed by atoms with Crippen LogP contribution in [0.4, 0.5) is 0 Å². The summed E-state index contributed by atoms with van der Waals surface area (Å²) >= 11 is 0. The number of nitrogens with one attached hydrogen (secondary N) is 2. The van der Waals surface area contributed by atoms with E-state index in [0.29, 0.717) is 6.04 Å². The molecule has 0 spiro atoms. The van der Waals surface area contributed by atoms with E-state index in [9.17, 15) is 0 Å². The molecule has 0 bridgehead atoms. The average molecular weight is 342 g/mol. The standard InChI is InChI=1S/C21H30N2O2/c1-16(17-9-7-6-8-10-17)23-21(2,3)15-22-14-18-13-19(24-4)11-12-20(18)25-5/h6-13,16,22-23H,14-15H2,1-5H3. The molecule has 0 aromatic heterocycles. The molecule has 0 radical (unpaired) electrons. The molecular weight excluding hydrogens is 312 g/mol. The first-order valence-corrected chi connectivity index (χ1v) is 8.69. The molecule has 1 atom stereocenters. The number of methoxy groups -OCH3 is 2. The van der Waals surface area contributed by atoms with Crippen LogP contribution in [-0.2, 0) is 6.54 Å². The van der Waals surface area contributed by atoms with Gasteiger partial charge in [0.1, 0.15) is 11.5 Å². The van der Waals surface area contributed by atoms with E-state index in [1.165, 1.54) is 5.56 Å². The summed E-state index contributed by atoms with van der Waals surface area (Å²) in [6, 6.07) is 16.7. The normalized spacial score (nSPS) is 12.7. The van der Waals surface area contributed by atoms with Crippen LogP contribution in [0.25, 0.3) is 0 Å². The molecule has 0 heterocycles. The zero-order valence-electron chi connectivity index (χ0n) is 15.9. The quantitative estimate of drug-likeness (QED) is 0.725. The van der Waals surface area contributed by atoms with E-state index in [4.69, 9.17) is 9.47 Å². The molecule has 4 nitrogen and oxygen atoms in total. The summed E-state index contributed by atoms with van der Waals surface area (Å²) in [6.07, 6.45) is 0. The van der Waals surface area contributed by atoms with Crippen LogP contribution in [0.1, 0.15) is 37.9 Å². The molecule has 0 aliphatic carbocycles. The highest BCUT2D eigenvalue weighted by atomic mass is 16.5. The van der Waals surface area contributed by atoms with E-state index < -0.39 is 0 Å². The first-order valence-electron chi connectivity index (χ1n) is 8.69. The van der Waals surface area contributed by atoms with Gasteiger partial charge in [-0.05, 0) is 44.5 Å². The second kappa shape index (κ2) is 8.88. The third-order valence-electron chi connectivity index (χ3n) is 4.28. The first kappa shape index (κ1) is 19.3. The monoisotopic (exact) mass is 342 g/mol. The number of benzene rings is 2. The summed E-state index contributed by atoms with van der Waals surface area (Å²) < 4.78 is 10.7. The molecule has 2 rings (SSSR count). The van der Waals surface area contributed by atoms with E-state index in [2.05, 4.69) is 55.7 Å². The summed E-state index contributed by atoms with van der Waals surface area (Å²) in [5, 5.41) is 7.22. The molecule has 2 aromatic carbocycles. The Labute approximate surface area is 151 Å². The lowest BCUT2D eigenvalue weighted by Gasteiger charge is -2.31. The minimum atomic E-state index is -0.0403. The highest BCUT2D eigenvalue weighted by Gasteiger charge is 2.20. The minimum absolute atomic E-state index is 0.0403. The highest BCUT2D eigenvalue weighted by Crippen LogP contribution is 2.24. The van der Waals surface area contributed by atoms with Crippen LogP contribution in [0.15, 0.2) is 48.5 Å². The van der Waals surface area contributed by atoms with Crippen molar-refractivity contribution in [2.45, 2.75) is 38.9 Å². The maximum absolute atomic E-state index is 5.44. The molecule has 1 unspecified atom stereocenters. The Morgan fingerprint density at radius 3 is 2.36 bits per heavy atom. The Balaban J connectivity index is 1.91. The number of rotatable bonds is 9. The van der Waals surface area contributed by atoms with Crippen molar-refractivity contribution < 1.29 is 9.47 Å². The van der Waals surface area contributed by atoms with Gasteiger partial charge >= 0.3 is 0 Å². The average Bonchev–Trinajstić information content (AvgIpc) is 2.61. The fourth-order valence-electron chi connectivity index (χ4n) is 2.99. The fourth-order valence-corrected chi connectivity index (χ4v) is 2.99. The zero-order valence-corrected chi connectivity index (χ0v) is 15.9. The summed E-state index contributed by atoms with van der Waals surface area (Å²) in [6.45, 7) is 8.18. The Hall–Kier alpha value is -2.04. The van der Waals surface area contributed by atoms with Crippen molar-refractivity contribution in [2.24, 2.45) is 0 Å². The van der Waals surface area contributed by atoms with Gasteiger partial charge in [0.05, 0.1) is 14.2 Å². The van der Waals surface area contributed by atoms with Gasteiger partial charge < -0.3 is 20.1 Å². The van der Waals surface area contributed by atoms with Crippen molar-refractivity contribution in [2.75, 3.05) is 20.8 Å². The molecular formula is C21H30N2O2. The van der Waals surface area contributed by atoms with Gasteiger partial charge in [0.15, 0.2) is 0 Å². The van der Waals surface area contributed by atoms with Gasteiger partial charge in [0, 0.05) is 30.2 Å². The summed E-state index contributed by atoms with van der Waals surface area (Å²) in [5.41, 5.74) is 2.35. The summed E-state index contributed by atoms with van der Waals surface area (Å²) in [7, 11) is 3.37. The van der Waals surface area contributed by atoms with Crippen molar-refractivity contribution in [3.05, 3.63) is 59.7 Å². The van der Waals surface area contributed by atoms with Gasteiger partial charge in [0.2, 0.25) is 0 Å². The second-order valence-corrected chi connectivity index (χ2v) is 6.94. The number of hydrogen-bond acceptors (Lipinski definition) is 4. The lowest BCUT2D eigenvalue weighted by atomic mass is 10.0. The van der Waals surface area contributed by atoms with Crippen LogP contribution in [0, 0.1) is 0 Å². The van der Waals surface area contributed by atoms with Crippen LogP contribution in [0.2, 0.25) is 0 Å². The van der Waals surface area contributed by atoms with E-state index in [-0.39, 0.29) is 5.54 Å². The predicted molar refractivity (Wildman–Crippen MR) is 103 cm³/mol. The maximum atomic E-state index is 5.44. The molecule has 0 aliphatic heterocycles. The van der Waals surface area contributed by atoms with Crippen LogP contribution < -0.4 is 20.1 Å². The summed E-state index contributed by atoms with van der Waals surface area (Å²) in [5.74, 6) is 1.71. The van der Waals surface area contributed by atoms with Crippen molar-refractivity contribution >= 4 is 0 Å². The predicted octanol–water partition coefficient (Wildman–Crippen LogP) is 3.92. The van der Waals surface area contributed by atoms with Crippen molar-refractivity contribution in [1.29, 1.82) is 0 Å². The molecule has 25 heavy (non-hydrogen) atoms. The number of ether oxygens (including phenoxy) is 2. The van der Waals surface area contributed by atoms with Gasteiger partial charge in [-0.1, -0.05) is 30.3 Å². The molecule has 0 aliphatic rings. The molecule has 2 N–H and O–H groups in total. The smallest absolute Gasteiger partial charge is 0.123 e. The van der Waals surface area contributed by atoms with Crippen LogP contribution in [0.3, 0.4) is 0 Å². The molecule has 2 aromatic rings. The SMILES string of the molecule is COc1ccc(OC)c(CNCC(C)(C)NC(C)c2ccccc2)c1. The lowest BCUT2D eigenvalue weighted by Crippen LogP contribution is -2.48. The van der Waals surface area contributed by atoms with Gasteiger partial charge in [-0.25, -0.2) is 0 Å². The molecule has 0 saturated carbocycles. The van der Waals surface area contributed by atoms with E-state index in [1.54, 1.807) is 14.2 Å². The third kappa shape index (κ3) is 5.76. The fraction of sp³-hybridized carbons (Fsp3) is 0.429. The van der Waals surface area contributed by atoms with Crippen LogP contribution >= 0.6 is 0 Å². The summed E-state index contributed by atoms with van der Waals surface area (Å²) in [4.78, 5) is 0. The van der Waals surface area contributed by atoms with Crippen molar-refractivity contribution in [1.82, 2.24) is 10.6 Å². The van der Waals surface area contributed by atoms with Crippen molar-refractivity contribution in [3.63, 3.8) is 0 Å². The second-order valence-electron chi connectivity index (χ2n) is 6.94. The topological polar surface area (TPSA) is 42.5 Å². The largest absolute Gasteiger partial charge is 0.497 e. The third-order valence-corrected chi connectivity index (χ3v) is 4.28. The Morgan fingerprint density at radius 2 is 1.72 bits per heavy atom. The Kier molecular flexibility index (Phi) is 6.85. The van der Waals surface area contributed by atoms with Gasteiger partial charge in [-0.15, -0.1) is 0 Å². The Morgan fingerprint density at radius 1 is 1.00 bits per heavy atom. The minimum Gasteiger partial charge on any atom is -0.497 e. The molecule has 0 saturated heterocycles. The first-order chi connectivity index (χ1) is 11.9. The van der Waals surface area contributed by atoms with E-state index >= 15 is 0 Å². The van der Waals surface area contributed by atoms with Gasteiger partial charge in [-0.3, -0.25) is 0 Å². The molecule has 0 fully saturated rings. The lowest BCUT2D eigenvalue weighted by molar-refractivity contribution is 0.328. The van der Waals surface area contributed by atoms with E-state index in [0.717, 1.165) is 30.2 Å². The van der Waals surface area contributed by atoms with Crippen LogP contribution in [-0.4, -0.2) is 26.3 Å². The molecule has 0 amide bonds. The van der Waals surface area contributed by atoms with E-state index in [1.807, 2.05) is 24.3 Å². The van der Waals surface area contributed by atoms with Crippen LogP contribution in [0.5, 0.6) is 11.5 Å². The molecule has 136 valence electrons. The zero-order chi connectivity index (χ0) is 18.3. The highest BCUT2D eigenvalue weighted by molar-refractivity contribution is 5.40. The van der Waals surface area contributed by atoms with Gasteiger partial charge in [-0.2, -0.15) is 0 Å².